The molecule has 0 aliphatic carbocycles. The number of thiophene rings is 1. The van der Waals surface area contributed by atoms with Crippen LogP contribution in [-0.2, 0) is 13.0 Å². The normalized spacial score (nSPS) is 9.86. The minimum atomic E-state index is 0.380. The molecule has 2 N–H and O–H groups in total. The third kappa shape index (κ3) is 4.25. The van der Waals surface area contributed by atoms with Crippen LogP contribution in [-0.4, -0.2) is 13.7 Å². The molecule has 4 heteroatoms. The Labute approximate surface area is 129 Å². The number of hydrogen-bond donors (Lipinski definition) is 1. The van der Waals surface area contributed by atoms with Crippen LogP contribution in [0.15, 0.2) is 30.3 Å². The summed E-state index contributed by atoms with van der Waals surface area (Å²) in [6.45, 7) is 3.01. The first-order chi connectivity index (χ1) is 10.3. The van der Waals surface area contributed by atoms with Crippen molar-refractivity contribution >= 4 is 11.3 Å². The van der Waals surface area contributed by atoms with E-state index in [1.54, 1.807) is 18.4 Å². The topological polar surface area (TPSA) is 44.5 Å². The summed E-state index contributed by atoms with van der Waals surface area (Å²) in [7, 11) is 1.66. The van der Waals surface area contributed by atoms with Crippen molar-refractivity contribution in [3.63, 3.8) is 0 Å². The molecule has 0 atom stereocenters. The van der Waals surface area contributed by atoms with Gasteiger partial charge < -0.3 is 15.2 Å². The molecule has 0 saturated carbocycles. The fraction of sp³-hybridized carbons (Fsp3) is 0.294. The van der Waals surface area contributed by atoms with Gasteiger partial charge in [-0.25, -0.2) is 0 Å². The molecule has 0 aliphatic rings. The molecule has 0 bridgehead atoms. The lowest BCUT2D eigenvalue weighted by Gasteiger charge is -2.11. The molecule has 3 nitrogen and oxygen atoms in total. The Morgan fingerprint density at radius 1 is 1.19 bits per heavy atom. The summed E-state index contributed by atoms with van der Waals surface area (Å²) in [6, 6.07) is 10.0. The van der Waals surface area contributed by atoms with Gasteiger partial charge in [-0.2, -0.15) is 0 Å². The highest BCUT2D eigenvalue weighted by Crippen LogP contribution is 2.29. The molecule has 0 spiro atoms. The van der Waals surface area contributed by atoms with Crippen molar-refractivity contribution in [3.8, 4) is 23.3 Å². The molecule has 110 valence electrons. The van der Waals surface area contributed by atoms with Crippen molar-refractivity contribution in [2.45, 2.75) is 20.0 Å². The number of hydrogen-bond acceptors (Lipinski definition) is 4. The summed E-state index contributed by atoms with van der Waals surface area (Å²) < 4.78 is 11.2. The number of methoxy groups -OCH3 is 1. The van der Waals surface area contributed by atoms with Crippen LogP contribution in [0.2, 0.25) is 0 Å². The van der Waals surface area contributed by atoms with Crippen molar-refractivity contribution < 1.29 is 9.47 Å². The van der Waals surface area contributed by atoms with Crippen molar-refractivity contribution in [2.75, 3.05) is 13.7 Å². The van der Waals surface area contributed by atoms with Gasteiger partial charge in [0.1, 0.15) is 6.61 Å². The van der Waals surface area contributed by atoms with Crippen LogP contribution in [0.3, 0.4) is 0 Å². The van der Waals surface area contributed by atoms with Gasteiger partial charge in [-0.1, -0.05) is 24.8 Å². The summed E-state index contributed by atoms with van der Waals surface area (Å²) in [4.78, 5) is 2.13. The smallest absolute Gasteiger partial charge is 0.161 e. The maximum absolute atomic E-state index is 5.84. The molecule has 0 aliphatic heterocycles. The van der Waals surface area contributed by atoms with Gasteiger partial charge in [-0.15, -0.1) is 11.3 Å². The quantitative estimate of drug-likeness (QED) is 0.863. The first kappa shape index (κ1) is 15.4. The van der Waals surface area contributed by atoms with E-state index in [0.29, 0.717) is 13.2 Å². The lowest BCUT2D eigenvalue weighted by molar-refractivity contribution is 0.287. The predicted octanol–water partition coefficient (Wildman–Crippen LogP) is 3.21. The van der Waals surface area contributed by atoms with E-state index < -0.39 is 0 Å². The minimum absolute atomic E-state index is 0.380. The lowest BCUT2D eigenvalue weighted by Crippen LogP contribution is -1.96. The monoisotopic (exact) mass is 301 g/mol. The Morgan fingerprint density at radius 2 is 2.05 bits per heavy atom. The van der Waals surface area contributed by atoms with Crippen LogP contribution in [0, 0.1) is 11.8 Å². The van der Waals surface area contributed by atoms with E-state index in [1.807, 2.05) is 24.3 Å². The van der Waals surface area contributed by atoms with Crippen molar-refractivity contribution in [1.29, 1.82) is 0 Å². The van der Waals surface area contributed by atoms with Crippen LogP contribution >= 0.6 is 11.3 Å². The minimum Gasteiger partial charge on any atom is -0.493 e. The number of rotatable bonds is 5. The molecule has 1 aromatic carbocycles. The van der Waals surface area contributed by atoms with Crippen LogP contribution in [0.25, 0.3) is 0 Å². The molecule has 1 aromatic heterocycles. The first-order valence-electron chi connectivity index (χ1n) is 6.84. The fourth-order valence-electron chi connectivity index (χ4n) is 1.86. The van der Waals surface area contributed by atoms with E-state index in [4.69, 9.17) is 15.2 Å². The van der Waals surface area contributed by atoms with Gasteiger partial charge >= 0.3 is 0 Å². The molecule has 0 amide bonds. The Hall–Kier alpha value is -1.96. The van der Waals surface area contributed by atoms with Gasteiger partial charge in [0.25, 0.3) is 0 Å². The van der Waals surface area contributed by atoms with E-state index in [1.165, 1.54) is 5.56 Å². The number of aryl methyl sites for hydroxylation is 1. The van der Waals surface area contributed by atoms with Crippen LogP contribution in [0.5, 0.6) is 11.5 Å². The molecule has 0 fully saturated rings. The molecule has 2 aromatic rings. The molecule has 0 radical (unpaired) electrons. The SMILES string of the molecule is CCc1ccc(OCc2ccc(C#CCN)s2)c(OC)c1. The number of ether oxygens (including phenoxy) is 2. The average Bonchev–Trinajstić information content (AvgIpc) is 2.98. The number of benzene rings is 1. The van der Waals surface area contributed by atoms with Crippen LogP contribution in [0.1, 0.15) is 22.2 Å². The van der Waals surface area contributed by atoms with Gasteiger partial charge in [0.05, 0.1) is 18.5 Å². The van der Waals surface area contributed by atoms with Gasteiger partial charge in [0.15, 0.2) is 11.5 Å². The first-order valence-corrected chi connectivity index (χ1v) is 7.65. The van der Waals surface area contributed by atoms with Crippen LogP contribution in [0.4, 0.5) is 0 Å². The van der Waals surface area contributed by atoms with Gasteiger partial charge in [0, 0.05) is 4.88 Å². The van der Waals surface area contributed by atoms with E-state index in [0.717, 1.165) is 27.7 Å². The molecule has 0 saturated heterocycles. The zero-order valence-corrected chi connectivity index (χ0v) is 13.1. The van der Waals surface area contributed by atoms with Gasteiger partial charge in [-0.3, -0.25) is 0 Å². The molecule has 21 heavy (non-hydrogen) atoms. The molecule has 1 heterocycles. The molecular formula is C17H19NO2S. The molecule has 0 unspecified atom stereocenters. The predicted molar refractivity (Wildman–Crippen MR) is 87.0 cm³/mol. The summed E-state index contributed by atoms with van der Waals surface area (Å²) in [5, 5.41) is 0. The second kappa shape index (κ2) is 7.72. The maximum atomic E-state index is 5.84. The summed E-state index contributed by atoms with van der Waals surface area (Å²) >= 11 is 1.62. The Balaban J connectivity index is 2.04. The fourth-order valence-corrected chi connectivity index (χ4v) is 2.66. The summed E-state index contributed by atoms with van der Waals surface area (Å²) in [5.41, 5.74) is 6.60. The van der Waals surface area contributed by atoms with E-state index in [-0.39, 0.29) is 0 Å². The van der Waals surface area contributed by atoms with E-state index in [2.05, 4.69) is 24.8 Å². The standard InChI is InChI=1S/C17H19NO2S/c1-3-13-6-9-16(17(11-13)19-2)20-12-15-8-7-14(21-15)5-4-10-18/h6-9,11H,3,10,12,18H2,1-2H3. The highest BCUT2D eigenvalue weighted by Gasteiger charge is 2.06. The second-order valence-electron chi connectivity index (χ2n) is 4.40. The zero-order chi connectivity index (χ0) is 15.1. The third-order valence-electron chi connectivity index (χ3n) is 2.98. The Morgan fingerprint density at radius 3 is 2.76 bits per heavy atom. The largest absolute Gasteiger partial charge is 0.493 e. The highest BCUT2D eigenvalue weighted by molar-refractivity contribution is 7.12. The average molecular weight is 301 g/mol. The second-order valence-corrected chi connectivity index (χ2v) is 5.57. The maximum Gasteiger partial charge on any atom is 0.161 e. The Kier molecular flexibility index (Phi) is 5.68. The summed E-state index contributed by atoms with van der Waals surface area (Å²) in [5.74, 6) is 7.41. The third-order valence-corrected chi connectivity index (χ3v) is 3.96. The van der Waals surface area contributed by atoms with Crippen molar-refractivity contribution in [1.82, 2.24) is 0 Å². The molecular weight excluding hydrogens is 282 g/mol. The van der Waals surface area contributed by atoms with Crippen molar-refractivity contribution in [3.05, 3.63) is 45.6 Å². The summed E-state index contributed by atoms with van der Waals surface area (Å²) in [6.07, 6.45) is 0.977. The number of nitrogens with two attached hydrogens (primary N) is 1. The highest BCUT2D eigenvalue weighted by atomic mass is 32.1. The van der Waals surface area contributed by atoms with Crippen molar-refractivity contribution in [2.24, 2.45) is 5.73 Å². The van der Waals surface area contributed by atoms with Crippen LogP contribution < -0.4 is 15.2 Å². The van der Waals surface area contributed by atoms with Gasteiger partial charge in [-0.05, 0) is 36.2 Å². The lowest BCUT2D eigenvalue weighted by atomic mass is 10.1. The van der Waals surface area contributed by atoms with E-state index in [9.17, 15) is 0 Å². The Bertz CT molecular complexity index is 652. The molecule has 2 rings (SSSR count). The zero-order valence-electron chi connectivity index (χ0n) is 12.3. The van der Waals surface area contributed by atoms with E-state index >= 15 is 0 Å². The van der Waals surface area contributed by atoms with Gasteiger partial charge in [0.2, 0.25) is 0 Å².